The minimum absolute atomic E-state index is 0.0621. The number of hydrogen-bond acceptors (Lipinski definition) is 2. The van der Waals surface area contributed by atoms with Crippen molar-refractivity contribution in [2.45, 2.75) is 13.8 Å². The number of ketones is 1. The quantitative estimate of drug-likeness (QED) is 0.774. The summed E-state index contributed by atoms with van der Waals surface area (Å²) in [5.41, 5.74) is 2.15. The van der Waals surface area contributed by atoms with Crippen LogP contribution in [0.4, 0.5) is 4.39 Å². The molecule has 0 saturated carbocycles. The molecular formula is C16H14BrFO2. The minimum Gasteiger partial charge on any atom is -0.496 e. The largest absolute Gasteiger partial charge is 0.496 e. The van der Waals surface area contributed by atoms with Gasteiger partial charge in [-0.3, -0.25) is 4.79 Å². The van der Waals surface area contributed by atoms with Crippen molar-refractivity contribution < 1.29 is 13.9 Å². The van der Waals surface area contributed by atoms with Gasteiger partial charge in [-0.2, -0.15) is 0 Å². The molecule has 2 nitrogen and oxygen atoms in total. The summed E-state index contributed by atoms with van der Waals surface area (Å²) in [4.78, 5) is 12.5. The molecule has 0 aliphatic carbocycles. The van der Waals surface area contributed by atoms with Crippen LogP contribution in [0.2, 0.25) is 0 Å². The third-order valence-electron chi connectivity index (χ3n) is 3.18. The highest BCUT2D eigenvalue weighted by atomic mass is 79.9. The highest BCUT2D eigenvalue weighted by Crippen LogP contribution is 2.26. The zero-order chi connectivity index (χ0) is 14.9. The molecule has 0 saturated heterocycles. The summed E-state index contributed by atoms with van der Waals surface area (Å²) in [5, 5.41) is 0. The van der Waals surface area contributed by atoms with Gasteiger partial charge in [0.25, 0.3) is 0 Å². The Hall–Kier alpha value is -1.68. The van der Waals surface area contributed by atoms with Gasteiger partial charge >= 0.3 is 0 Å². The van der Waals surface area contributed by atoms with Gasteiger partial charge in [-0.15, -0.1) is 0 Å². The van der Waals surface area contributed by atoms with E-state index in [9.17, 15) is 9.18 Å². The summed E-state index contributed by atoms with van der Waals surface area (Å²) < 4.78 is 19.5. The van der Waals surface area contributed by atoms with Crippen molar-refractivity contribution in [1.82, 2.24) is 0 Å². The van der Waals surface area contributed by atoms with Gasteiger partial charge < -0.3 is 4.74 Å². The second-order valence-electron chi connectivity index (χ2n) is 4.57. The molecule has 0 spiro atoms. The van der Waals surface area contributed by atoms with Crippen molar-refractivity contribution in [3.05, 3.63) is 62.9 Å². The summed E-state index contributed by atoms with van der Waals surface area (Å²) in [6, 6.07) is 8.22. The molecule has 0 aromatic heterocycles. The number of methoxy groups -OCH3 is 1. The minimum atomic E-state index is -0.537. The number of hydrogen-bond donors (Lipinski definition) is 0. The third kappa shape index (κ3) is 2.61. The van der Waals surface area contributed by atoms with E-state index in [-0.39, 0.29) is 15.8 Å². The van der Waals surface area contributed by atoms with Crippen LogP contribution in [0.1, 0.15) is 27.0 Å². The number of rotatable bonds is 3. The Balaban J connectivity index is 2.54. The molecular weight excluding hydrogens is 323 g/mol. The average molecular weight is 337 g/mol. The van der Waals surface area contributed by atoms with Gasteiger partial charge in [0.2, 0.25) is 0 Å². The first kappa shape index (κ1) is 14.7. The fraction of sp³-hybridized carbons (Fsp3) is 0.188. The van der Waals surface area contributed by atoms with E-state index in [0.717, 1.165) is 11.1 Å². The van der Waals surface area contributed by atoms with Gasteiger partial charge in [-0.25, -0.2) is 4.39 Å². The summed E-state index contributed by atoms with van der Waals surface area (Å²) in [7, 11) is 1.58. The molecule has 0 fully saturated rings. The fourth-order valence-electron chi connectivity index (χ4n) is 2.08. The van der Waals surface area contributed by atoms with E-state index in [0.29, 0.717) is 11.3 Å². The Bertz CT molecular complexity index is 680. The SMILES string of the molecule is COc1cc(C)c(C(=O)c2cccc(Br)c2F)cc1C. The maximum absolute atomic E-state index is 14.0. The third-order valence-corrected chi connectivity index (χ3v) is 3.80. The predicted octanol–water partition coefficient (Wildman–Crippen LogP) is 4.44. The molecule has 4 heteroatoms. The second-order valence-corrected chi connectivity index (χ2v) is 5.42. The maximum Gasteiger partial charge on any atom is 0.196 e. The van der Waals surface area contributed by atoms with Crippen LogP contribution >= 0.6 is 15.9 Å². The lowest BCUT2D eigenvalue weighted by Gasteiger charge is -2.11. The van der Waals surface area contributed by atoms with Crippen LogP contribution in [-0.2, 0) is 0 Å². The summed E-state index contributed by atoms with van der Waals surface area (Å²) >= 11 is 3.10. The van der Waals surface area contributed by atoms with Gasteiger partial charge in [0.1, 0.15) is 11.6 Å². The topological polar surface area (TPSA) is 26.3 Å². The van der Waals surface area contributed by atoms with Crippen LogP contribution in [0.5, 0.6) is 5.75 Å². The van der Waals surface area contributed by atoms with E-state index in [1.165, 1.54) is 6.07 Å². The highest BCUT2D eigenvalue weighted by Gasteiger charge is 2.18. The van der Waals surface area contributed by atoms with Crippen LogP contribution in [-0.4, -0.2) is 12.9 Å². The highest BCUT2D eigenvalue weighted by molar-refractivity contribution is 9.10. The predicted molar refractivity (Wildman–Crippen MR) is 80.0 cm³/mol. The zero-order valence-corrected chi connectivity index (χ0v) is 13.0. The van der Waals surface area contributed by atoms with Crippen molar-refractivity contribution in [2.24, 2.45) is 0 Å². The van der Waals surface area contributed by atoms with Gasteiger partial charge in [0.05, 0.1) is 17.1 Å². The van der Waals surface area contributed by atoms with Gasteiger partial charge in [0.15, 0.2) is 5.78 Å². The standard InChI is InChI=1S/C16H14BrFO2/c1-9-8-14(20-3)10(2)7-12(9)16(19)11-5-4-6-13(17)15(11)18/h4-8H,1-3H3. The molecule has 0 aliphatic rings. The van der Waals surface area contributed by atoms with Crippen LogP contribution in [0.3, 0.4) is 0 Å². The summed E-state index contributed by atoms with van der Waals surface area (Å²) in [6.45, 7) is 3.66. The number of benzene rings is 2. The first-order valence-electron chi connectivity index (χ1n) is 6.09. The molecule has 0 aliphatic heterocycles. The van der Waals surface area contributed by atoms with E-state index in [4.69, 9.17) is 4.74 Å². The van der Waals surface area contributed by atoms with Gasteiger partial charge in [-0.1, -0.05) is 6.07 Å². The molecule has 0 atom stereocenters. The van der Waals surface area contributed by atoms with E-state index >= 15 is 0 Å². The van der Waals surface area contributed by atoms with Crippen LogP contribution in [0.15, 0.2) is 34.8 Å². The first-order chi connectivity index (χ1) is 9.45. The van der Waals surface area contributed by atoms with E-state index in [2.05, 4.69) is 15.9 Å². The number of aryl methyl sites for hydroxylation is 2. The Morgan fingerprint density at radius 2 is 1.85 bits per heavy atom. The fourth-order valence-corrected chi connectivity index (χ4v) is 2.44. The van der Waals surface area contributed by atoms with Crippen molar-refractivity contribution in [3.63, 3.8) is 0 Å². The average Bonchev–Trinajstić information content (AvgIpc) is 2.43. The van der Waals surface area contributed by atoms with E-state index in [1.54, 1.807) is 31.4 Å². The lowest BCUT2D eigenvalue weighted by Crippen LogP contribution is -2.07. The van der Waals surface area contributed by atoms with Crippen molar-refractivity contribution in [1.29, 1.82) is 0 Å². The van der Waals surface area contributed by atoms with E-state index in [1.807, 2.05) is 13.8 Å². The van der Waals surface area contributed by atoms with Crippen LogP contribution in [0, 0.1) is 19.7 Å². The number of carbonyl (C=O) groups is 1. The van der Waals surface area contributed by atoms with Gasteiger partial charge in [-0.05, 0) is 65.2 Å². The maximum atomic E-state index is 14.0. The van der Waals surface area contributed by atoms with Crippen molar-refractivity contribution in [3.8, 4) is 5.75 Å². The van der Waals surface area contributed by atoms with Crippen molar-refractivity contribution in [2.75, 3.05) is 7.11 Å². The molecule has 0 radical (unpaired) electrons. The smallest absolute Gasteiger partial charge is 0.196 e. The molecule has 0 bridgehead atoms. The molecule has 2 aromatic carbocycles. The summed E-state index contributed by atoms with van der Waals surface area (Å²) in [6.07, 6.45) is 0. The number of carbonyl (C=O) groups excluding carboxylic acids is 1. The molecule has 0 amide bonds. The first-order valence-corrected chi connectivity index (χ1v) is 6.89. The normalized spacial score (nSPS) is 10.4. The Morgan fingerprint density at radius 3 is 2.50 bits per heavy atom. The zero-order valence-electron chi connectivity index (χ0n) is 11.5. The van der Waals surface area contributed by atoms with Gasteiger partial charge in [0, 0.05) is 5.56 Å². The van der Waals surface area contributed by atoms with Crippen LogP contribution in [0.25, 0.3) is 0 Å². The molecule has 20 heavy (non-hydrogen) atoms. The van der Waals surface area contributed by atoms with Crippen molar-refractivity contribution >= 4 is 21.7 Å². The molecule has 104 valence electrons. The number of halogens is 2. The molecule has 0 heterocycles. The lowest BCUT2D eigenvalue weighted by atomic mass is 9.96. The molecule has 0 N–H and O–H groups in total. The summed E-state index contributed by atoms with van der Waals surface area (Å²) in [5.74, 6) is -0.147. The Morgan fingerprint density at radius 1 is 1.15 bits per heavy atom. The molecule has 0 unspecified atom stereocenters. The second kappa shape index (κ2) is 5.75. The number of ether oxygens (including phenoxy) is 1. The lowest BCUT2D eigenvalue weighted by molar-refractivity contribution is 0.103. The Labute approximate surface area is 125 Å². The molecule has 2 rings (SSSR count). The van der Waals surface area contributed by atoms with Crippen LogP contribution < -0.4 is 4.74 Å². The molecule has 2 aromatic rings. The monoisotopic (exact) mass is 336 g/mol. The Kier molecular flexibility index (Phi) is 4.23. The van der Waals surface area contributed by atoms with E-state index < -0.39 is 5.82 Å².